The smallest absolute Gasteiger partial charge is 0.275 e. The summed E-state index contributed by atoms with van der Waals surface area (Å²) in [5.74, 6) is -0.0269. The predicted octanol–water partition coefficient (Wildman–Crippen LogP) is 2.29. The maximum Gasteiger partial charge on any atom is 0.275 e. The van der Waals surface area contributed by atoms with Gasteiger partial charge in [-0.25, -0.2) is 4.98 Å². The molecule has 5 N–H and O–H groups in total. The van der Waals surface area contributed by atoms with Crippen LogP contribution in [0.3, 0.4) is 0 Å². The highest BCUT2D eigenvalue weighted by atomic mass is 35.5. The molecule has 0 spiro atoms. The minimum absolute atomic E-state index is 0. The van der Waals surface area contributed by atoms with Gasteiger partial charge in [0.25, 0.3) is 5.91 Å². The molecule has 1 aromatic heterocycles. The van der Waals surface area contributed by atoms with E-state index >= 15 is 0 Å². The van der Waals surface area contributed by atoms with Gasteiger partial charge in [-0.1, -0.05) is 12.1 Å². The van der Waals surface area contributed by atoms with Gasteiger partial charge in [0.15, 0.2) is 0 Å². The van der Waals surface area contributed by atoms with Gasteiger partial charge in [0.1, 0.15) is 5.69 Å². The number of aromatic nitrogens is 1. The lowest BCUT2D eigenvalue weighted by atomic mass is 10.3. The molecule has 0 unspecified atom stereocenters. The summed E-state index contributed by atoms with van der Waals surface area (Å²) in [6.07, 6.45) is 0.957. The van der Waals surface area contributed by atoms with E-state index in [1.807, 2.05) is 24.3 Å². The van der Waals surface area contributed by atoms with Crippen molar-refractivity contribution < 1.29 is 9.59 Å². The van der Waals surface area contributed by atoms with Crippen LogP contribution >= 0.6 is 35.5 Å². The van der Waals surface area contributed by atoms with Crippen LogP contribution in [0.1, 0.15) is 21.9 Å². The van der Waals surface area contributed by atoms with Crippen LogP contribution in [-0.2, 0) is 11.2 Å². The minimum Gasteiger partial charge on any atom is -0.370 e. The predicted molar refractivity (Wildman–Crippen MR) is 101 cm³/mol. The monoisotopic (exact) mass is 386 g/mol. The van der Waals surface area contributed by atoms with Crippen molar-refractivity contribution in [1.29, 1.82) is 0 Å². The fourth-order valence-corrected chi connectivity index (χ4v) is 3.56. The van der Waals surface area contributed by atoms with E-state index in [0.29, 0.717) is 36.5 Å². The van der Waals surface area contributed by atoms with Crippen molar-refractivity contribution in [1.82, 2.24) is 4.98 Å². The number of nitrogens with zero attached hydrogens (tertiary/aromatic N) is 1. The largest absolute Gasteiger partial charge is 0.370 e. The highest BCUT2D eigenvalue weighted by molar-refractivity contribution is 7.99. The molecular formula is C15H19ClN4O2S2. The van der Waals surface area contributed by atoms with Gasteiger partial charge < -0.3 is 16.8 Å². The van der Waals surface area contributed by atoms with E-state index in [1.165, 1.54) is 23.1 Å². The van der Waals surface area contributed by atoms with E-state index in [2.05, 4.69) is 10.3 Å². The highest BCUT2D eigenvalue weighted by Crippen LogP contribution is 2.28. The summed E-state index contributed by atoms with van der Waals surface area (Å²) in [6, 6.07) is 7.43. The third-order valence-electron chi connectivity index (χ3n) is 2.88. The van der Waals surface area contributed by atoms with E-state index in [9.17, 15) is 9.59 Å². The molecule has 0 saturated carbocycles. The normalized spacial score (nSPS) is 10.0. The third kappa shape index (κ3) is 6.12. The lowest BCUT2D eigenvalue weighted by molar-refractivity contribution is -0.117. The summed E-state index contributed by atoms with van der Waals surface area (Å²) >= 11 is 2.90. The standard InChI is InChI=1S/C15H18N4O2S2.ClH/c16-7-5-14-18-11(9-23-14)15(21)19-10-3-1-2-4-12(10)22-8-6-13(17)20;/h1-4,9H,5-8,16H2,(H2,17,20)(H,19,21);1H. The zero-order chi connectivity index (χ0) is 16.7. The van der Waals surface area contributed by atoms with E-state index in [1.54, 1.807) is 5.38 Å². The molecule has 0 saturated heterocycles. The van der Waals surface area contributed by atoms with Gasteiger partial charge in [-0.15, -0.1) is 35.5 Å². The molecule has 1 aromatic carbocycles. The van der Waals surface area contributed by atoms with Gasteiger partial charge in [-0.2, -0.15) is 0 Å². The second-order valence-corrected chi connectivity index (χ2v) is 6.76. The second kappa shape index (κ2) is 10.3. The summed E-state index contributed by atoms with van der Waals surface area (Å²) in [4.78, 5) is 28.3. The first kappa shape index (κ1) is 20.4. The Morgan fingerprint density at radius 3 is 2.75 bits per heavy atom. The van der Waals surface area contributed by atoms with Crippen LogP contribution in [0.25, 0.3) is 0 Å². The number of thioether (sulfide) groups is 1. The van der Waals surface area contributed by atoms with E-state index in [4.69, 9.17) is 11.5 Å². The zero-order valence-corrected chi connectivity index (χ0v) is 15.3. The van der Waals surface area contributed by atoms with E-state index in [-0.39, 0.29) is 24.2 Å². The fraction of sp³-hybridized carbons (Fsp3) is 0.267. The third-order valence-corrected chi connectivity index (χ3v) is 4.87. The number of hydrogen-bond acceptors (Lipinski definition) is 6. The Hall–Kier alpha value is -1.61. The SMILES string of the molecule is Cl.NCCc1nc(C(=O)Nc2ccccc2SCCC(N)=O)cs1. The number of benzene rings is 1. The average Bonchev–Trinajstić information content (AvgIpc) is 2.98. The van der Waals surface area contributed by atoms with Gasteiger partial charge in [-0.05, 0) is 18.7 Å². The number of hydrogen-bond donors (Lipinski definition) is 3. The number of para-hydroxylation sites is 1. The number of amides is 2. The molecule has 24 heavy (non-hydrogen) atoms. The molecule has 0 radical (unpaired) electrons. The Bertz CT molecular complexity index is 694. The van der Waals surface area contributed by atoms with Crippen molar-refractivity contribution in [2.45, 2.75) is 17.7 Å². The Labute approximate surface area is 154 Å². The van der Waals surface area contributed by atoms with Crippen LogP contribution < -0.4 is 16.8 Å². The van der Waals surface area contributed by atoms with Crippen molar-refractivity contribution in [3.63, 3.8) is 0 Å². The van der Waals surface area contributed by atoms with Crippen molar-refractivity contribution >= 4 is 53.0 Å². The number of primary amides is 1. The number of carbonyl (C=O) groups is 2. The Morgan fingerprint density at radius 2 is 2.04 bits per heavy atom. The molecular weight excluding hydrogens is 368 g/mol. The number of nitrogens with two attached hydrogens (primary N) is 2. The topological polar surface area (TPSA) is 111 Å². The van der Waals surface area contributed by atoms with Crippen LogP contribution in [0.15, 0.2) is 34.5 Å². The Morgan fingerprint density at radius 1 is 1.29 bits per heavy atom. The highest BCUT2D eigenvalue weighted by Gasteiger charge is 2.13. The number of rotatable bonds is 8. The van der Waals surface area contributed by atoms with Crippen molar-refractivity contribution in [2.75, 3.05) is 17.6 Å². The molecule has 2 aromatic rings. The number of halogens is 1. The summed E-state index contributed by atoms with van der Waals surface area (Å²) in [7, 11) is 0. The first-order valence-corrected chi connectivity index (χ1v) is 8.92. The number of nitrogens with one attached hydrogen (secondary N) is 1. The van der Waals surface area contributed by atoms with Gasteiger partial charge in [-0.3, -0.25) is 9.59 Å². The number of thiazole rings is 1. The van der Waals surface area contributed by atoms with Gasteiger partial charge in [0.2, 0.25) is 5.91 Å². The molecule has 0 aliphatic rings. The van der Waals surface area contributed by atoms with Gasteiger partial charge in [0, 0.05) is 28.9 Å². The lowest BCUT2D eigenvalue weighted by Crippen LogP contribution is -2.14. The van der Waals surface area contributed by atoms with Crippen LogP contribution in [0.2, 0.25) is 0 Å². The van der Waals surface area contributed by atoms with Crippen molar-refractivity contribution in [2.24, 2.45) is 11.5 Å². The molecule has 0 bridgehead atoms. The zero-order valence-electron chi connectivity index (χ0n) is 12.9. The molecule has 130 valence electrons. The first-order chi connectivity index (χ1) is 11.1. The second-order valence-electron chi connectivity index (χ2n) is 4.68. The maximum absolute atomic E-state index is 12.3. The Kier molecular flexibility index (Phi) is 8.77. The molecule has 0 aliphatic heterocycles. The molecule has 0 fully saturated rings. The lowest BCUT2D eigenvalue weighted by Gasteiger charge is -2.09. The van der Waals surface area contributed by atoms with Crippen LogP contribution in [-0.4, -0.2) is 29.1 Å². The van der Waals surface area contributed by atoms with Crippen LogP contribution in [0.4, 0.5) is 5.69 Å². The molecule has 2 amide bonds. The molecule has 9 heteroatoms. The van der Waals surface area contributed by atoms with Crippen LogP contribution in [0.5, 0.6) is 0 Å². The molecule has 0 aliphatic carbocycles. The maximum atomic E-state index is 12.3. The summed E-state index contributed by atoms with van der Waals surface area (Å²) in [5.41, 5.74) is 11.7. The Balaban J connectivity index is 0.00000288. The van der Waals surface area contributed by atoms with Gasteiger partial charge >= 0.3 is 0 Å². The molecule has 6 nitrogen and oxygen atoms in total. The van der Waals surface area contributed by atoms with Crippen molar-refractivity contribution in [3.8, 4) is 0 Å². The van der Waals surface area contributed by atoms with E-state index < -0.39 is 0 Å². The summed E-state index contributed by atoms with van der Waals surface area (Å²) in [5, 5.41) is 5.43. The summed E-state index contributed by atoms with van der Waals surface area (Å²) in [6.45, 7) is 0.508. The first-order valence-electron chi connectivity index (χ1n) is 7.06. The minimum atomic E-state index is -0.339. The molecule has 2 rings (SSSR count). The average molecular weight is 387 g/mol. The summed E-state index contributed by atoms with van der Waals surface area (Å²) < 4.78 is 0. The molecule has 1 heterocycles. The quantitative estimate of drug-likeness (QED) is 0.602. The fourth-order valence-electron chi connectivity index (χ4n) is 1.80. The van der Waals surface area contributed by atoms with Crippen molar-refractivity contribution in [3.05, 3.63) is 40.3 Å². The number of anilines is 1. The van der Waals surface area contributed by atoms with Crippen LogP contribution in [0, 0.1) is 0 Å². The van der Waals surface area contributed by atoms with E-state index in [0.717, 1.165) is 9.90 Å². The molecule has 0 atom stereocenters. The number of carbonyl (C=O) groups excluding carboxylic acids is 2. The van der Waals surface area contributed by atoms with Gasteiger partial charge in [0.05, 0.1) is 10.7 Å².